The first-order valence-corrected chi connectivity index (χ1v) is 6.41. The molecular weight excluding hydrogens is 254 g/mol. The third-order valence-electron chi connectivity index (χ3n) is 2.88. The number of rotatable bonds is 5. The van der Waals surface area contributed by atoms with Gasteiger partial charge in [-0.1, -0.05) is 24.3 Å². The van der Waals surface area contributed by atoms with Gasteiger partial charge in [0.25, 0.3) is 0 Å². The average Bonchev–Trinajstić information content (AvgIpc) is 2.43. The number of nitrogen functional groups attached to an aromatic ring is 1. The standard InChI is InChI=1S/C16H17NO3/c17-14-5-1-3-12(9-14)7-8-16(19)20-11-13-4-2-6-15(18)10-13/h1-6,9-10,18H,7-8,11,17H2. The number of phenols is 1. The lowest BCUT2D eigenvalue weighted by Crippen LogP contribution is -2.06. The third kappa shape index (κ3) is 4.31. The minimum Gasteiger partial charge on any atom is -0.508 e. The van der Waals surface area contributed by atoms with Gasteiger partial charge in [-0.15, -0.1) is 0 Å². The van der Waals surface area contributed by atoms with E-state index >= 15 is 0 Å². The molecule has 104 valence electrons. The molecule has 3 N–H and O–H groups in total. The van der Waals surface area contributed by atoms with Crippen LogP contribution < -0.4 is 5.73 Å². The van der Waals surface area contributed by atoms with Gasteiger partial charge in [-0.05, 0) is 41.8 Å². The molecule has 2 aromatic carbocycles. The van der Waals surface area contributed by atoms with Crippen molar-refractivity contribution in [1.29, 1.82) is 0 Å². The molecule has 0 atom stereocenters. The highest BCUT2D eigenvalue weighted by molar-refractivity contribution is 5.69. The highest BCUT2D eigenvalue weighted by atomic mass is 16.5. The number of carbonyl (C=O) groups excluding carboxylic acids is 1. The van der Waals surface area contributed by atoms with Gasteiger partial charge in [-0.25, -0.2) is 0 Å². The summed E-state index contributed by atoms with van der Waals surface area (Å²) in [5.74, 6) is -0.103. The minimum atomic E-state index is -0.268. The highest BCUT2D eigenvalue weighted by Gasteiger charge is 2.05. The molecule has 0 aromatic heterocycles. The zero-order valence-corrected chi connectivity index (χ0v) is 11.1. The summed E-state index contributed by atoms with van der Waals surface area (Å²) >= 11 is 0. The lowest BCUT2D eigenvalue weighted by molar-refractivity contribution is -0.144. The second-order valence-electron chi connectivity index (χ2n) is 4.58. The number of hydrogen-bond acceptors (Lipinski definition) is 4. The molecule has 2 aromatic rings. The summed E-state index contributed by atoms with van der Waals surface area (Å²) in [6, 6.07) is 14.1. The van der Waals surface area contributed by atoms with E-state index in [2.05, 4.69) is 0 Å². The normalized spacial score (nSPS) is 10.2. The third-order valence-corrected chi connectivity index (χ3v) is 2.88. The number of hydrogen-bond donors (Lipinski definition) is 2. The van der Waals surface area contributed by atoms with E-state index in [9.17, 15) is 9.90 Å². The molecular formula is C16H17NO3. The smallest absolute Gasteiger partial charge is 0.306 e. The zero-order chi connectivity index (χ0) is 14.4. The van der Waals surface area contributed by atoms with Gasteiger partial charge in [0.15, 0.2) is 0 Å². The molecule has 0 unspecified atom stereocenters. The maximum absolute atomic E-state index is 11.6. The zero-order valence-electron chi connectivity index (χ0n) is 11.1. The van der Waals surface area contributed by atoms with Crippen molar-refractivity contribution in [3.05, 3.63) is 59.7 Å². The Morgan fingerprint density at radius 3 is 2.60 bits per heavy atom. The van der Waals surface area contributed by atoms with Gasteiger partial charge in [0.2, 0.25) is 0 Å². The Bertz CT molecular complexity index is 544. The topological polar surface area (TPSA) is 72.6 Å². The summed E-state index contributed by atoms with van der Waals surface area (Å²) in [7, 11) is 0. The first-order valence-electron chi connectivity index (χ1n) is 6.41. The van der Waals surface area contributed by atoms with E-state index in [0.29, 0.717) is 18.5 Å². The van der Waals surface area contributed by atoms with E-state index in [-0.39, 0.29) is 18.3 Å². The average molecular weight is 271 g/mol. The van der Waals surface area contributed by atoms with Crippen molar-refractivity contribution in [1.82, 2.24) is 0 Å². The van der Waals surface area contributed by atoms with Crippen LogP contribution in [0.1, 0.15) is 17.5 Å². The van der Waals surface area contributed by atoms with Crippen molar-refractivity contribution < 1.29 is 14.6 Å². The Morgan fingerprint density at radius 1 is 1.10 bits per heavy atom. The lowest BCUT2D eigenvalue weighted by Gasteiger charge is -2.06. The number of anilines is 1. The van der Waals surface area contributed by atoms with Crippen molar-refractivity contribution in [2.75, 3.05) is 5.73 Å². The predicted octanol–water partition coefficient (Wildman–Crippen LogP) is 2.65. The highest BCUT2D eigenvalue weighted by Crippen LogP contribution is 2.13. The fourth-order valence-corrected chi connectivity index (χ4v) is 1.88. The van der Waals surface area contributed by atoms with Crippen LogP contribution in [0.3, 0.4) is 0 Å². The summed E-state index contributed by atoms with van der Waals surface area (Å²) in [5.41, 5.74) is 8.14. The maximum atomic E-state index is 11.6. The molecule has 20 heavy (non-hydrogen) atoms. The predicted molar refractivity (Wildman–Crippen MR) is 77.1 cm³/mol. The summed E-state index contributed by atoms with van der Waals surface area (Å²) in [6.07, 6.45) is 0.909. The van der Waals surface area contributed by atoms with Gasteiger partial charge in [0, 0.05) is 12.1 Å². The first kappa shape index (κ1) is 13.9. The SMILES string of the molecule is Nc1cccc(CCC(=O)OCc2cccc(O)c2)c1. The van der Waals surface area contributed by atoms with Crippen molar-refractivity contribution in [3.8, 4) is 5.75 Å². The van der Waals surface area contributed by atoms with E-state index in [1.54, 1.807) is 24.3 Å². The molecule has 4 heteroatoms. The van der Waals surface area contributed by atoms with Crippen molar-refractivity contribution in [3.63, 3.8) is 0 Å². The van der Waals surface area contributed by atoms with E-state index < -0.39 is 0 Å². The fraction of sp³-hybridized carbons (Fsp3) is 0.188. The van der Waals surface area contributed by atoms with Gasteiger partial charge in [0.05, 0.1) is 0 Å². The first-order chi connectivity index (χ1) is 9.63. The van der Waals surface area contributed by atoms with Gasteiger partial charge in [-0.2, -0.15) is 0 Å². The van der Waals surface area contributed by atoms with Crippen molar-refractivity contribution in [2.24, 2.45) is 0 Å². The van der Waals surface area contributed by atoms with Crippen LogP contribution in [0, 0.1) is 0 Å². The van der Waals surface area contributed by atoms with Crippen molar-refractivity contribution in [2.45, 2.75) is 19.4 Å². The van der Waals surface area contributed by atoms with Crippen LogP contribution in [-0.4, -0.2) is 11.1 Å². The van der Waals surface area contributed by atoms with Crippen LogP contribution in [0.5, 0.6) is 5.75 Å². The lowest BCUT2D eigenvalue weighted by atomic mass is 10.1. The fourth-order valence-electron chi connectivity index (χ4n) is 1.88. The van der Waals surface area contributed by atoms with E-state index in [1.807, 2.05) is 24.3 Å². The molecule has 0 spiro atoms. The number of esters is 1. The Kier molecular flexibility index (Phi) is 4.60. The summed E-state index contributed by atoms with van der Waals surface area (Å²) < 4.78 is 5.15. The summed E-state index contributed by atoms with van der Waals surface area (Å²) in [4.78, 5) is 11.6. The van der Waals surface area contributed by atoms with Crippen LogP contribution in [-0.2, 0) is 22.6 Å². The van der Waals surface area contributed by atoms with Crippen molar-refractivity contribution >= 4 is 11.7 Å². The number of benzene rings is 2. The number of aryl methyl sites for hydroxylation is 1. The number of phenolic OH excluding ortho intramolecular Hbond substituents is 1. The Morgan fingerprint density at radius 2 is 1.85 bits per heavy atom. The Labute approximate surface area is 117 Å². The monoisotopic (exact) mass is 271 g/mol. The Hall–Kier alpha value is -2.49. The van der Waals surface area contributed by atoms with Crippen LogP contribution >= 0.6 is 0 Å². The molecule has 0 fully saturated rings. The largest absolute Gasteiger partial charge is 0.508 e. The van der Waals surface area contributed by atoms with Gasteiger partial charge < -0.3 is 15.6 Å². The number of carbonyl (C=O) groups is 1. The van der Waals surface area contributed by atoms with E-state index in [1.165, 1.54) is 0 Å². The molecule has 0 radical (unpaired) electrons. The molecule has 0 aliphatic heterocycles. The molecule has 0 amide bonds. The van der Waals surface area contributed by atoms with Crippen LogP contribution in [0.25, 0.3) is 0 Å². The molecule has 0 heterocycles. The minimum absolute atomic E-state index is 0.165. The van der Waals surface area contributed by atoms with E-state index in [0.717, 1.165) is 11.1 Å². The second-order valence-corrected chi connectivity index (χ2v) is 4.58. The molecule has 0 saturated heterocycles. The quantitative estimate of drug-likeness (QED) is 0.647. The van der Waals surface area contributed by atoms with Gasteiger partial charge >= 0.3 is 5.97 Å². The number of aromatic hydroxyl groups is 1. The van der Waals surface area contributed by atoms with Crippen LogP contribution in [0.4, 0.5) is 5.69 Å². The van der Waals surface area contributed by atoms with Crippen LogP contribution in [0.2, 0.25) is 0 Å². The Balaban J connectivity index is 1.78. The summed E-state index contributed by atoms with van der Waals surface area (Å²) in [6.45, 7) is 0.171. The molecule has 4 nitrogen and oxygen atoms in total. The molecule has 0 bridgehead atoms. The number of ether oxygens (including phenoxy) is 1. The van der Waals surface area contributed by atoms with Gasteiger partial charge in [-0.3, -0.25) is 4.79 Å². The molecule has 0 aliphatic rings. The maximum Gasteiger partial charge on any atom is 0.306 e. The number of nitrogens with two attached hydrogens (primary N) is 1. The molecule has 0 saturated carbocycles. The second kappa shape index (κ2) is 6.61. The van der Waals surface area contributed by atoms with Crippen LogP contribution in [0.15, 0.2) is 48.5 Å². The van der Waals surface area contributed by atoms with Gasteiger partial charge in [0.1, 0.15) is 12.4 Å². The molecule has 2 rings (SSSR count). The summed E-state index contributed by atoms with van der Waals surface area (Å²) in [5, 5.41) is 9.30. The van der Waals surface area contributed by atoms with E-state index in [4.69, 9.17) is 10.5 Å². The molecule has 0 aliphatic carbocycles.